The smallest absolute Gasteiger partial charge is 0.127 e. The van der Waals surface area contributed by atoms with Gasteiger partial charge >= 0.3 is 0 Å². The molecule has 0 amide bonds. The van der Waals surface area contributed by atoms with E-state index in [0.29, 0.717) is 0 Å². The van der Waals surface area contributed by atoms with Crippen LogP contribution in [0.3, 0.4) is 0 Å². The number of aryl methyl sites for hydroxylation is 1. The summed E-state index contributed by atoms with van der Waals surface area (Å²) in [5.41, 5.74) is 23.1. The lowest BCUT2D eigenvalue weighted by molar-refractivity contribution is 0.475. The van der Waals surface area contributed by atoms with Gasteiger partial charge in [0, 0.05) is 0 Å². The fraction of sp³-hybridized carbons (Fsp3) is 0.0394. The summed E-state index contributed by atoms with van der Waals surface area (Å²) in [5, 5.41) is 20.7. The second kappa shape index (κ2) is 31.7. The van der Waals surface area contributed by atoms with Gasteiger partial charge < -0.3 is 28.4 Å². The van der Waals surface area contributed by atoms with Gasteiger partial charge in [-0.05, 0) is 385 Å². The molecule has 25 rings (SSSR count). The highest BCUT2D eigenvalue weighted by Gasteiger charge is 2.51. The molecule has 133 heavy (non-hydrogen) atoms. The van der Waals surface area contributed by atoms with Crippen molar-refractivity contribution in [3.8, 4) is 67.9 Å². The van der Waals surface area contributed by atoms with Gasteiger partial charge in [-0.15, -0.1) is 0 Å². The van der Waals surface area contributed by atoms with Crippen LogP contribution >= 0.6 is 0 Å². The van der Waals surface area contributed by atoms with Crippen molar-refractivity contribution in [3.63, 3.8) is 0 Å². The monoisotopic (exact) mass is 1700 g/mol. The molecule has 0 bridgehead atoms. The van der Waals surface area contributed by atoms with E-state index in [1.807, 2.05) is 42.5 Å². The zero-order valence-corrected chi connectivity index (χ0v) is 72.7. The molecule has 2 atom stereocenters. The van der Waals surface area contributed by atoms with Crippen LogP contribution in [-0.4, -0.2) is 0 Å². The van der Waals surface area contributed by atoms with E-state index in [4.69, 9.17) is 28.4 Å². The highest BCUT2D eigenvalue weighted by atomic mass is 16.5. The molecule has 0 N–H and O–H groups in total. The van der Waals surface area contributed by atoms with E-state index in [0.717, 1.165) is 101 Å². The lowest BCUT2D eigenvalue weighted by Gasteiger charge is -2.38. The molecule has 0 saturated carbocycles. The third-order valence-electron chi connectivity index (χ3n) is 28.3. The molecule has 628 valence electrons. The van der Waals surface area contributed by atoms with Crippen molar-refractivity contribution in [1.82, 2.24) is 0 Å². The van der Waals surface area contributed by atoms with Gasteiger partial charge in [0.05, 0.1) is 53.8 Å². The van der Waals surface area contributed by atoms with Crippen LogP contribution in [0.1, 0.15) is 78.7 Å². The lowest BCUT2D eigenvalue weighted by Crippen LogP contribution is -2.31. The molecule has 0 radical (unpaired) electrons. The van der Waals surface area contributed by atoms with Gasteiger partial charge in [0.15, 0.2) is 0 Å². The Morgan fingerprint density at radius 1 is 0.211 bits per heavy atom. The molecule has 0 spiro atoms. The van der Waals surface area contributed by atoms with Crippen molar-refractivity contribution in [3.05, 3.63) is 547 Å². The standard InChI is InChI=1S/C127H84O6/c1-3-128-106-52-39-88-63-100(46-33-94(88)69-106)125(119-32-16-14-30-114(119)124-112-28-12-11-21-81(112)45-58-120(124)125)101-47-34-96-71-108(54-41-90(96)64-101)130-59-17-19-61-132-110-56-43-92-67-104(50-37-98(92)73-110)127(122-79-86-26-9-6-23-83(86)76-116(122)117-77-84-24-7-10-27-87(84)80-123(117)127)105-51-38-99-74-111(57-44-93(99)68-105)133-62-20-18-60-131-109-55-42-91-66-103(49-36-97(91)72-109)126(102-48-35-95-70-107(129-4-2)53-40-89(95)65-102)118-31-15-13-29-113(118)115-75-82-22-5-8-25-85(82)78-121(115)126/h3-35,37-48,50-80H,1-2,36,49H2/b59-17+,60-18+,61-19+,62-20+. The predicted molar refractivity (Wildman–Crippen MR) is 547 cm³/mol. The molecule has 0 saturated heterocycles. The van der Waals surface area contributed by atoms with Crippen LogP contribution in [0, 0.1) is 0 Å². The van der Waals surface area contributed by atoms with E-state index in [-0.39, 0.29) is 0 Å². The van der Waals surface area contributed by atoms with E-state index in [9.17, 15) is 0 Å². The van der Waals surface area contributed by atoms with Crippen LogP contribution < -0.4 is 28.4 Å². The van der Waals surface area contributed by atoms with Gasteiger partial charge in [0.2, 0.25) is 0 Å². The topological polar surface area (TPSA) is 55.4 Å². The minimum Gasteiger partial charge on any atom is -0.466 e. The highest BCUT2D eigenvalue weighted by Crippen LogP contribution is 2.63. The molecule has 0 heterocycles. The second-order valence-electron chi connectivity index (χ2n) is 35.3. The van der Waals surface area contributed by atoms with Gasteiger partial charge in [-0.3, -0.25) is 0 Å². The molecular weight excluding hydrogens is 1620 g/mol. The maximum atomic E-state index is 6.37. The van der Waals surface area contributed by atoms with E-state index in [1.165, 1.54) is 167 Å². The summed E-state index contributed by atoms with van der Waals surface area (Å²) in [6.45, 7) is 7.59. The number of allylic oxidation sites excluding steroid dienone is 5. The van der Waals surface area contributed by atoms with Crippen LogP contribution in [-0.2, 0) is 22.7 Å². The molecule has 0 aliphatic heterocycles. The zero-order valence-electron chi connectivity index (χ0n) is 72.7. The summed E-state index contributed by atoms with van der Waals surface area (Å²) in [7, 11) is 0. The first-order valence-corrected chi connectivity index (χ1v) is 45.4. The quantitative estimate of drug-likeness (QED) is 0.0560. The summed E-state index contributed by atoms with van der Waals surface area (Å²) < 4.78 is 36.8. The normalized spacial score (nSPS) is 15.6. The molecule has 0 aromatic heterocycles. The Balaban J connectivity index is 0.471. The van der Waals surface area contributed by atoms with Crippen LogP contribution in [0.5, 0.6) is 34.5 Å². The largest absolute Gasteiger partial charge is 0.466 e. The lowest BCUT2D eigenvalue weighted by atomic mass is 9.64. The minimum absolute atomic E-state index is 0.532. The van der Waals surface area contributed by atoms with E-state index < -0.39 is 16.2 Å². The Morgan fingerprint density at radius 2 is 0.511 bits per heavy atom. The van der Waals surface area contributed by atoms with Crippen molar-refractivity contribution < 1.29 is 28.4 Å². The number of benzene rings is 21. The molecular formula is C127H84O6. The molecule has 4 aliphatic rings. The fourth-order valence-corrected chi connectivity index (χ4v) is 22.5. The summed E-state index contributed by atoms with van der Waals surface area (Å²) in [4.78, 5) is 0. The fourth-order valence-electron chi connectivity index (χ4n) is 22.5. The number of rotatable bonds is 20. The number of hydrogen-bond donors (Lipinski definition) is 0. The Bertz CT molecular complexity index is 8590. The highest BCUT2D eigenvalue weighted by molar-refractivity contribution is 6.07. The second-order valence-corrected chi connectivity index (χ2v) is 35.3. The molecule has 2 unspecified atom stereocenters. The summed E-state index contributed by atoms with van der Waals surface area (Å²) in [6, 6.07) is 145. The molecule has 0 fully saturated rings. The molecule has 21 aromatic carbocycles. The predicted octanol–water partition coefficient (Wildman–Crippen LogP) is 32.2. The van der Waals surface area contributed by atoms with E-state index >= 15 is 0 Å². The van der Waals surface area contributed by atoms with Gasteiger partial charge in [-0.1, -0.05) is 274 Å². The van der Waals surface area contributed by atoms with Crippen LogP contribution in [0.25, 0.3) is 136 Å². The molecule has 6 nitrogen and oxygen atoms in total. The van der Waals surface area contributed by atoms with Crippen LogP contribution in [0.2, 0.25) is 0 Å². The number of ether oxygens (including phenoxy) is 6. The van der Waals surface area contributed by atoms with Crippen molar-refractivity contribution in [1.29, 1.82) is 0 Å². The average Bonchev–Trinajstić information content (AvgIpc) is 1.54. The third-order valence-corrected chi connectivity index (χ3v) is 28.3. The molecule has 4 aliphatic carbocycles. The van der Waals surface area contributed by atoms with Gasteiger partial charge in [0.25, 0.3) is 0 Å². The first-order valence-electron chi connectivity index (χ1n) is 45.4. The maximum Gasteiger partial charge on any atom is 0.127 e. The Morgan fingerprint density at radius 3 is 0.940 bits per heavy atom. The van der Waals surface area contributed by atoms with Gasteiger partial charge in [-0.2, -0.15) is 0 Å². The SMILES string of the molecule is C=COc1ccc2cc(C3(C4=Cc5ccc(O/C=C/C=C/Oc6ccc7cc(C8(c9ccc%10cc(O/C=C/C=C/Oc%11ccc%12cc(C%13(c%14ccc%15cc(OC=C)ccc%15c%14)c%14ccccc%14-c%14c%13ccc%13ccccc%14%13)ccc%12c%11)ccc%10c9)c9cc%10ccccc%10cc9-c9cc%10ccccc%10cc98)ccc7c6)cc5CC4)c4ccccc4-c4cc5ccccc5cc43)ccc2c1. The van der Waals surface area contributed by atoms with Crippen molar-refractivity contribution in [2.75, 3.05) is 0 Å². The Hall–Kier alpha value is -17.1. The van der Waals surface area contributed by atoms with Crippen molar-refractivity contribution >= 4 is 103 Å². The summed E-state index contributed by atoms with van der Waals surface area (Å²) in [6.07, 6.45) is 21.4. The van der Waals surface area contributed by atoms with Gasteiger partial charge in [0.1, 0.15) is 34.5 Å². The third kappa shape index (κ3) is 12.8. The number of hydrogen-bond acceptors (Lipinski definition) is 6. The average molecular weight is 1710 g/mol. The first-order chi connectivity index (χ1) is 65.7. The first kappa shape index (κ1) is 78.2. The maximum absolute atomic E-state index is 6.37. The molecule has 6 heteroatoms. The van der Waals surface area contributed by atoms with Crippen molar-refractivity contribution in [2.24, 2.45) is 0 Å². The molecule has 21 aromatic rings. The zero-order chi connectivity index (χ0) is 88.3. The Kier molecular flexibility index (Phi) is 18.6. The summed E-state index contributed by atoms with van der Waals surface area (Å²) >= 11 is 0. The minimum atomic E-state index is -0.720. The Labute approximate surface area is 770 Å². The van der Waals surface area contributed by atoms with Crippen molar-refractivity contribution in [2.45, 2.75) is 29.1 Å². The van der Waals surface area contributed by atoms with E-state index in [2.05, 4.69) is 395 Å². The van der Waals surface area contributed by atoms with Gasteiger partial charge in [-0.25, -0.2) is 0 Å². The van der Waals surface area contributed by atoms with Crippen LogP contribution in [0.15, 0.2) is 475 Å². The summed E-state index contributed by atoms with van der Waals surface area (Å²) in [5.74, 6) is 4.49. The number of fused-ring (bicyclic) bond motifs is 20. The van der Waals surface area contributed by atoms with E-state index in [1.54, 1.807) is 25.0 Å². The van der Waals surface area contributed by atoms with Crippen LogP contribution in [0.4, 0.5) is 0 Å².